The van der Waals surface area contributed by atoms with Gasteiger partial charge >= 0.3 is 23.9 Å². The number of carbonyl (C=O) groups excluding carboxylic acids is 8. The summed E-state index contributed by atoms with van der Waals surface area (Å²) in [5.41, 5.74) is 4.37. The van der Waals surface area contributed by atoms with Crippen molar-refractivity contribution in [3.05, 3.63) is 119 Å². The standard InChI is InChI=1S/C66H90N6O14/c1-39(2)31-51-63(77)83-43(9)59(73)69(11)54(34-42(7)8)66(80)86-58(38-48-27-23-46(24-28-48)36-50-56(82-16)20-18-30-68-50)62(76)72(14)52(32-40(3)4)64(78)84-44(10)60(74)70(12)53(33-41(5)6)65(79)85-57(61(75)71(51)13)37-47-25-21-45(22-26-47)35-49-55(81-15)19-17-29-67-49/h17-30,39-44,51-54,57-58H,31-38H2,1-16H3/t43-,44-,51+,52+,53+,54+,57-,58-/m1/s1. The van der Waals surface area contributed by atoms with Gasteiger partial charge in [-0.2, -0.15) is 0 Å². The Hall–Kier alpha value is -7.90. The number of amides is 4. The van der Waals surface area contributed by atoms with Gasteiger partial charge in [0.2, 0.25) is 0 Å². The van der Waals surface area contributed by atoms with Crippen LogP contribution in [-0.2, 0) is 83.0 Å². The fourth-order valence-corrected chi connectivity index (χ4v) is 10.4. The topological polar surface area (TPSA) is 231 Å². The SMILES string of the molecule is COc1cccnc1Cc1ccc(C[C@H]2OC(=O)[C@H](CC(C)C)N(C)C(=O)[C@@H](C)OC(=O)[C@H](CC(C)C)N(C)C(=O)[C@@H](Cc3ccc(Cc4ncccc4OC)cc3)OC(=O)[C@H](CC(C)C)N(C)C(=O)[C@@H](C)OC(=O)[C@H](CC(C)C)N(C)C2=O)cc1. The highest BCUT2D eigenvalue weighted by Crippen LogP contribution is 2.27. The normalized spacial score (nSPS) is 22.3. The van der Waals surface area contributed by atoms with Crippen molar-refractivity contribution in [2.75, 3.05) is 42.4 Å². The van der Waals surface area contributed by atoms with Gasteiger partial charge in [-0.25, -0.2) is 19.2 Å². The van der Waals surface area contributed by atoms with Crippen molar-refractivity contribution in [3.63, 3.8) is 0 Å². The summed E-state index contributed by atoms with van der Waals surface area (Å²) in [5, 5.41) is 0. The van der Waals surface area contributed by atoms with Crippen LogP contribution in [0.15, 0.2) is 85.2 Å². The van der Waals surface area contributed by atoms with Crippen LogP contribution in [0.3, 0.4) is 0 Å². The van der Waals surface area contributed by atoms with Gasteiger partial charge in [0.1, 0.15) is 35.7 Å². The van der Waals surface area contributed by atoms with Gasteiger partial charge in [0.25, 0.3) is 23.6 Å². The molecule has 5 rings (SSSR count). The number of methoxy groups -OCH3 is 2. The van der Waals surface area contributed by atoms with Gasteiger partial charge < -0.3 is 48.0 Å². The Balaban J connectivity index is 1.59. The van der Waals surface area contributed by atoms with Gasteiger partial charge in [-0.05, 0) is 110 Å². The van der Waals surface area contributed by atoms with Crippen LogP contribution >= 0.6 is 0 Å². The number of hydrogen-bond acceptors (Lipinski definition) is 16. The summed E-state index contributed by atoms with van der Waals surface area (Å²) < 4.78 is 35.3. The van der Waals surface area contributed by atoms with Gasteiger partial charge in [-0.1, -0.05) is 104 Å². The van der Waals surface area contributed by atoms with Crippen molar-refractivity contribution < 1.29 is 66.8 Å². The number of hydrogen-bond donors (Lipinski definition) is 0. The molecule has 86 heavy (non-hydrogen) atoms. The quantitative estimate of drug-likeness (QED) is 0.0688. The highest BCUT2D eigenvalue weighted by molar-refractivity contribution is 5.94. The molecular formula is C66H90N6O14. The lowest BCUT2D eigenvalue weighted by atomic mass is 9.99. The van der Waals surface area contributed by atoms with Gasteiger partial charge in [-0.15, -0.1) is 0 Å². The van der Waals surface area contributed by atoms with E-state index >= 15 is 9.59 Å². The van der Waals surface area contributed by atoms with E-state index in [-0.39, 0.29) is 62.2 Å². The van der Waals surface area contributed by atoms with E-state index in [1.54, 1.807) is 63.0 Å². The number of aromatic nitrogens is 2. The Kier molecular flexibility index (Phi) is 25.6. The van der Waals surface area contributed by atoms with Crippen molar-refractivity contribution in [2.45, 2.75) is 169 Å². The Morgan fingerprint density at radius 3 is 0.953 bits per heavy atom. The first-order chi connectivity index (χ1) is 40.6. The lowest BCUT2D eigenvalue weighted by Gasteiger charge is -2.35. The highest BCUT2D eigenvalue weighted by atomic mass is 16.6. The van der Waals surface area contributed by atoms with Crippen molar-refractivity contribution in [3.8, 4) is 11.5 Å². The Bertz CT molecular complexity index is 2740. The first kappa shape index (κ1) is 68.9. The van der Waals surface area contributed by atoms with Crippen LogP contribution in [0.2, 0.25) is 0 Å². The van der Waals surface area contributed by atoms with E-state index in [2.05, 4.69) is 9.97 Å². The minimum Gasteiger partial charge on any atom is -0.495 e. The first-order valence-corrected chi connectivity index (χ1v) is 29.6. The zero-order valence-electron chi connectivity index (χ0n) is 53.1. The fourth-order valence-electron chi connectivity index (χ4n) is 10.4. The molecule has 0 aliphatic carbocycles. The molecule has 0 N–H and O–H groups in total. The number of esters is 4. The Morgan fingerprint density at radius 1 is 0.407 bits per heavy atom. The summed E-state index contributed by atoms with van der Waals surface area (Å²) in [4.78, 5) is 131. The monoisotopic (exact) mass is 1190 g/mol. The molecule has 1 aliphatic heterocycles. The molecule has 0 bridgehead atoms. The maximum absolute atomic E-state index is 15.1. The molecule has 0 spiro atoms. The molecule has 1 aliphatic rings. The number of nitrogens with zero attached hydrogens (tertiary/aromatic N) is 6. The second-order valence-corrected chi connectivity index (χ2v) is 24.1. The molecular weight excluding hydrogens is 1100 g/mol. The molecule has 468 valence electrons. The molecule has 20 heteroatoms. The number of ether oxygens (including phenoxy) is 6. The van der Waals surface area contributed by atoms with Crippen LogP contribution in [0.4, 0.5) is 0 Å². The van der Waals surface area contributed by atoms with Crippen LogP contribution in [0.5, 0.6) is 11.5 Å². The highest BCUT2D eigenvalue weighted by Gasteiger charge is 2.43. The summed E-state index contributed by atoms with van der Waals surface area (Å²) in [7, 11) is 8.68. The van der Waals surface area contributed by atoms with E-state index in [1.807, 2.05) is 91.8 Å². The van der Waals surface area contributed by atoms with Crippen molar-refractivity contribution >= 4 is 47.5 Å². The van der Waals surface area contributed by atoms with E-state index in [1.165, 1.54) is 42.0 Å². The summed E-state index contributed by atoms with van der Waals surface area (Å²) in [6, 6.07) is 16.6. The molecule has 4 aromatic rings. The molecule has 1 saturated heterocycles. The zero-order chi connectivity index (χ0) is 63.7. The zero-order valence-corrected chi connectivity index (χ0v) is 53.1. The molecule has 0 saturated carbocycles. The number of carbonyl (C=O) groups is 8. The van der Waals surface area contributed by atoms with Crippen molar-refractivity contribution in [1.82, 2.24) is 29.6 Å². The van der Waals surface area contributed by atoms with Crippen molar-refractivity contribution in [1.29, 1.82) is 0 Å². The molecule has 20 nitrogen and oxygen atoms in total. The van der Waals surface area contributed by atoms with Crippen molar-refractivity contribution in [2.24, 2.45) is 23.7 Å². The lowest BCUT2D eigenvalue weighted by molar-refractivity contribution is -0.176. The van der Waals surface area contributed by atoms with E-state index < -0.39 is 96.1 Å². The van der Waals surface area contributed by atoms with E-state index in [9.17, 15) is 28.8 Å². The average Bonchev–Trinajstić information content (AvgIpc) is 3.47. The van der Waals surface area contributed by atoms with Crippen LogP contribution in [0, 0.1) is 23.7 Å². The molecule has 3 heterocycles. The second-order valence-electron chi connectivity index (χ2n) is 24.1. The number of rotatable bonds is 18. The summed E-state index contributed by atoms with van der Waals surface area (Å²) in [6.45, 7) is 17.5. The van der Waals surface area contributed by atoms with E-state index in [0.717, 1.165) is 30.7 Å². The predicted molar refractivity (Wildman–Crippen MR) is 322 cm³/mol. The smallest absolute Gasteiger partial charge is 0.329 e. The maximum atomic E-state index is 15.1. The van der Waals surface area contributed by atoms with Crippen LogP contribution in [-0.4, -0.2) is 168 Å². The number of likely N-dealkylation sites (N-methyl/N-ethyl adjacent to an activating group) is 4. The molecule has 2 aromatic carbocycles. The summed E-state index contributed by atoms with van der Waals surface area (Å²) in [5.74, 6) is -6.35. The van der Waals surface area contributed by atoms with Crippen LogP contribution in [0.25, 0.3) is 0 Å². The number of pyridine rings is 2. The van der Waals surface area contributed by atoms with E-state index in [4.69, 9.17) is 28.4 Å². The Labute approximate surface area is 507 Å². The third-order valence-electron chi connectivity index (χ3n) is 15.2. The van der Waals surface area contributed by atoms with E-state index in [0.29, 0.717) is 46.9 Å². The summed E-state index contributed by atoms with van der Waals surface area (Å²) in [6.07, 6.45) is -1.93. The van der Waals surface area contributed by atoms with Crippen LogP contribution < -0.4 is 9.47 Å². The van der Waals surface area contributed by atoms with Gasteiger partial charge in [0.05, 0.1) is 25.6 Å². The molecule has 0 radical (unpaired) electrons. The largest absolute Gasteiger partial charge is 0.495 e. The third kappa shape index (κ3) is 19.1. The summed E-state index contributed by atoms with van der Waals surface area (Å²) >= 11 is 0. The minimum atomic E-state index is -1.56. The van der Waals surface area contributed by atoms with Gasteiger partial charge in [-0.3, -0.25) is 29.1 Å². The third-order valence-corrected chi connectivity index (χ3v) is 15.2. The average molecular weight is 1190 g/mol. The first-order valence-electron chi connectivity index (χ1n) is 29.6. The predicted octanol–water partition coefficient (Wildman–Crippen LogP) is 7.65. The molecule has 4 amide bonds. The van der Waals surface area contributed by atoms with Crippen LogP contribution in [0.1, 0.15) is 129 Å². The number of benzene rings is 2. The molecule has 2 aromatic heterocycles. The second kappa shape index (κ2) is 32.0. The Morgan fingerprint density at radius 2 is 0.674 bits per heavy atom. The lowest BCUT2D eigenvalue weighted by Crippen LogP contribution is -2.55. The number of cyclic esters (lactones) is 4. The maximum Gasteiger partial charge on any atom is 0.329 e. The van der Waals surface area contributed by atoms with Gasteiger partial charge in [0, 0.05) is 66.3 Å². The fraction of sp³-hybridized carbons (Fsp3) is 0.545. The minimum absolute atomic E-state index is 0.0693. The molecule has 0 unspecified atom stereocenters. The molecule has 8 atom stereocenters. The van der Waals surface area contributed by atoms with Gasteiger partial charge in [0.15, 0.2) is 24.4 Å². The molecule has 1 fully saturated rings.